The minimum atomic E-state index is -0.792. The van der Waals surface area contributed by atoms with E-state index in [0.29, 0.717) is 31.3 Å². The summed E-state index contributed by atoms with van der Waals surface area (Å²) >= 11 is 7.88. The molecule has 6 rings (SSSR count). The quantitative estimate of drug-likeness (QED) is 0.233. The molecule has 1 aliphatic rings. The first kappa shape index (κ1) is 28.4. The van der Waals surface area contributed by atoms with E-state index in [2.05, 4.69) is 4.99 Å². The highest BCUT2D eigenvalue weighted by Crippen LogP contribution is 2.34. The molecule has 8 nitrogen and oxygen atoms in total. The lowest BCUT2D eigenvalue weighted by Crippen LogP contribution is -2.40. The fraction of sp³-hybridized carbons (Fsp3) is 0.152. The zero-order valence-electron chi connectivity index (χ0n) is 23.7. The van der Waals surface area contributed by atoms with Crippen molar-refractivity contribution in [1.29, 1.82) is 0 Å². The first-order valence-corrected chi connectivity index (χ1v) is 14.8. The third-order valence-electron chi connectivity index (χ3n) is 7.13. The SMILES string of the molecule is CCOC(=O)C1=C(C)N=c2sc(=Cc3cn(-c4ccccc4)nc3-c3ccc(OC)cc3)c(=O)n2C1c1ccccc1Cl. The fourth-order valence-corrected chi connectivity index (χ4v) is 6.38. The van der Waals surface area contributed by atoms with E-state index in [9.17, 15) is 9.59 Å². The molecule has 0 spiro atoms. The van der Waals surface area contributed by atoms with E-state index in [-0.39, 0.29) is 17.7 Å². The van der Waals surface area contributed by atoms with Gasteiger partial charge in [-0.3, -0.25) is 9.36 Å². The second-order valence-electron chi connectivity index (χ2n) is 9.77. The van der Waals surface area contributed by atoms with Crippen LogP contribution in [0.4, 0.5) is 0 Å². The number of allylic oxidation sites excluding steroid dienone is 1. The predicted octanol–water partition coefficient (Wildman–Crippen LogP) is 5.31. The summed E-state index contributed by atoms with van der Waals surface area (Å²) in [5, 5.41) is 5.32. The first-order valence-electron chi connectivity index (χ1n) is 13.6. The molecule has 216 valence electrons. The van der Waals surface area contributed by atoms with Crippen LogP contribution in [-0.2, 0) is 9.53 Å². The van der Waals surface area contributed by atoms with Crippen LogP contribution in [0.2, 0.25) is 5.02 Å². The molecule has 0 N–H and O–H groups in total. The average molecular weight is 611 g/mol. The Morgan fingerprint density at radius 2 is 1.77 bits per heavy atom. The number of nitrogens with zero attached hydrogens (tertiary/aromatic N) is 4. The van der Waals surface area contributed by atoms with Crippen molar-refractivity contribution < 1.29 is 14.3 Å². The van der Waals surface area contributed by atoms with Crippen LogP contribution in [0, 0.1) is 0 Å². The number of halogens is 1. The molecule has 0 bridgehead atoms. The number of para-hydroxylation sites is 1. The Hall–Kier alpha value is -4.73. The molecule has 10 heteroatoms. The summed E-state index contributed by atoms with van der Waals surface area (Å²) in [5.41, 5.74) is 4.27. The number of thiazole rings is 1. The molecule has 0 radical (unpaired) electrons. The summed E-state index contributed by atoms with van der Waals surface area (Å²) in [6.07, 6.45) is 3.72. The highest BCUT2D eigenvalue weighted by atomic mass is 35.5. The molecular formula is C33H27ClN4O4S. The van der Waals surface area contributed by atoms with Gasteiger partial charge in [-0.05, 0) is 68.0 Å². The van der Waals surface area contributed by atoms with Crippen molar-refractivity contribution in [1.82, 2.24) is 14.3 Å². The number of ether oxygens (including phenoxy) is 2. The van der Waals surface area contributed by atoms with E-state index in [1.165, 1.54) is 15.9 Å². The lowest BCUT2D eigenvalue weighted by Gasteiger charge is -2.25. The van der Waals surface area contributed by atoms with Crippen LogP contribution in [0.1, 0.15) is 31.0 Å². The molecule has 0 amide bonds. The van der Waals surface area contributed by atoms with Crippen molar-refractivity contribution in [2.45, 2.75) is 19.9 Å². The Morgan fingerprint density at radius 1 is 1.05 bits per heavy atom. The molecule has 1 atom stereocenters. The van der Waals surface area contributed by atoms with Crippen LogP contribution in [0.5, 0.6) is 5.75 Å². The van der Waals surface area contributed by atoms with Gasteiger partial charge in [-0.2, -0.15) is 5.10 Å². The average Bonchev–Trinajstić information content (AvgIpc) is 3.58. The van der Waals surface area contributed by atoms with Gasteiger partial charge < -0.3 is 9.47 Å². The van der Waals surface area contributed by atoms with Crippen molar-refractivity contribution in [3.05, 3.63) is 132 Å². The van der Waals surface area contributed by atoms with Gasteiger partial charge in [0, 0.05) is 22.3 Å². The Morgan fingerprint density at radius 3 is 2.47 bits per heavy atom. The van der Waals surface area contributed by atoms with Crippen molar-refractivity contribution in [3.8, 4) is 22.7 Å². The number of aromatic nitrogens is 3. The molecule has 3 aromatic carbocycles. The van der Waals surface area contributed by atoms with Crippen LogP contribution in [0.15, 0.2) is 106 Å². The number of hydrogen-bond donors (Lipinski definition) is 0. The van der Waals surface area contributed by atoms with Gasteiger partial charge in [-0.1, -0.05) is 59.3 Å². The Kier molecular flexibility index (Phi) is 7.84. The standard InChI is InChI=1S/C33H27ClN4O4S/c1-4-42-32(40)28-20(2)35-33-38(30(28)25-12-8-9-13-26(25)34)31(39)27(43-33)18-22-19-37(23-10-6-5-7-11-23)36-29(22)21-14-16-24(41-3)17-15-21/h5-19,30H,4H2,1-3H3. The van der Waals surface area contributed by atoms with Crippen molar-refractivity contribution in [2.24, 2.45) is 4.99 Å². The summed E-state index contributed by atoms with van der Waals surface area (Å²) in [6, 6.07) is 23.8. The molecule has 0 fully saturated rings. The summed E-state index contributed by atoms with van der Waals surface area (Å²) in [6.45, 7) is 3.68. The molecule has 3 heterocycles. The summed E-state index contributed by atoms with van der Waals surface area (Å²) in [4.78, 5) is 32.5. The topological polar surface area (TPSA) is 87.7 Å². The number of methoxy groups -OCH3 is 1. The number of carbonyl (C=O) groups is 1. The summed E-state index contributed by atoms with van der Waals surface area (Å²) < 4.78 is 14.5. The van der Waals surface area contributed by atoms with E-state index in [0.717, 1.165) is 22.6 Å². The van der Waals surface area contributed by atoms with E-state index < -0.39 is 12.0 Å². The molecule has 43 heavy (non-hydrogen) atoms. The number of rotatable bonds is 7. The zero-order valence-corrected chi connectivity index (χ0v) is 25.2. The maximum atomic E-state index is 14.2. The molecule has 1 aliphatic heterocycles. The molecule has 5 aromatic rings. The second-order valence-corrected chi connectivity index (χ2v) is 11.2. The van der Waals surface area contributed by atoms with Gasteiger partial charge in [0.05, 0.1) is 35.2 Å². The van der Waals surface area contributed by atoms with Gasteiger partial charge >= 0.3 is 5.97 Å². The van der Waals surface area contributed by atoms with Crippen LogP contribution >= 0.6 is 22.9 Å². The van der Waals surface area contributed by atoms with Crippen LogP contribution in [0.3, 0.4) is 0 Å². The van der Waals surface area contributed by atoms with E-state index >= 15 is 0 Å². The number of carbonyl (C=O) groups excluding carboxylic acids is 1. The largest absolute Gasteiger partial charge is 0.497 e. The minimum Gasteiger partial charge on any atom is -0.497 e. The Balaban J connectivity index is 1.56. The van der Waals surface area contributed by atoms with Crippen LogP contribution < -0.4 is 19.6 Å². The van der Waals surface area contributed by atoms with E-state index in [1.807, 2.05) is 79.0 Å². The summed E-state index contributed by atoms with van der Waals surface area (Å²) in [7, 11) is 1.62. The zero-order chi connectivity index (χ0) is 30.1. The molecule has 2 aromatic heterocycles. The third-order valence-corrected chi connectivity index (χ3v) is 8.46. The van der Waals surface area contributed by atoms with Gasteiger partial charge in [0.1, 0.15) is 17.5 Å². The third kappa shape index (κ3) is 5.33. The van der Waals surface area contributed by atoms with E-state index in [1.54, 1.807) is 37.8 Å². The van der Waals surface area contributed by atoms with Crippen molar-refractivity contribution >= 4 is 35.0 Å². The lowest BCUT2D eigenvalue weighted by atomic mass is 9.96. The van der Waals surface area contributed by atoms with Gasteiger partial charge in [0.15, 0.2) is 4.80 Å². The maximum absolute atomic E-state index is 14.2. The van der Waals surface area contributed by atoms with Gasteiger partial charge in [-0.25, -0.2) is 14.5 Å². The van der Waals surface area contributed by atoms with E-state index in [4.69, 9.17) is 26.2 Å². The number of esters is 1. The lowest BCUT2D eigenvalue weighted by molar-refractivity contribution is -0.139. The van der Waals surface area contributed by atoms with Gasteiger partial charge in [0.2, 0.25) is 0 Å². The van der Waals surface area contributed by atoms with Gasteiger partial charge in [-0.15, -0.1) is 0 Å². The van der Waals surface area contributed by atoms with Crippen LogP contribution in [0.25, 0.3) is 23.0 Å². The fourth-order valence-electron chi connectivity index (χ4n) is 5.10. The number of benzene rings is 3. The Labute approximate surface area is 256 Å². The second kappa shape index (κ2) is 11.9. The highest BCUT2D eigenvalue weighted by Gasteiger charge is 2.34. The smallest absolute Gasteiger partial charge is 0.338 e. The maximum Gasteiger partial charge on any atom is 0.338 e. The van der Waals surface area contributed by atoms with Gasteiger partial charge in [0.25, 0.3) is 5.56 Å². The first-order chi connectivity index (χ1) is 20.9. The monoisotopic (exact) mass is 610 g/mol. The highest BCUT2D eigenvalue weighted by molar-refractivity contribution is 7.07. The molecule has 0 saturated heterocycles. The molecule has 0 saturated carbocycles. The van der Waals surface area contributed by atoms with Crippen molar-refractivity contribution in [2.75, 3.05) is 13.7 Å². The number of fused-ring (bicyclic) bond motifs is 1. The number of hydrogen-bond acceptors (Lipinski definition) is 7. The summed E-state index contributed by atoms with van der Waals surface area (Å²) in [5.74, 6) is 0.197. The molecule has 0 aliphatic carbocycles. The normalized spacial score (nSPS) is 14.8. The molecular weight excluding hydrogens is 584 g/mol. The Bertz CT molecular complexity index is 2040. The van der Waals surface area contributed by atoms with Crippen molar-refractivity contribution in [3.63, 3.8) is 0 Å². The predicted molar refractivity (Wildman–Crippen MR) is 167 cm³/mol. The van der Waals surface area contributed by atoms with Crippen LogP contribution in [-0.4, -0.2) is 34.0 Å². The minimum absolute atomic E-state index is 0.189. The molecule has 1 unspecified atom stereocenters.